The van der Waals surface area contributed by atoms with E-state index in [9.17, 15) is 0 Å². The molecule has 0 aromatic carbocycles. The van der Waals surface area contributed by atoms with Crippen LogP contribution < -0.4 is 15.0 Å². The van der Waals surface area contributed by atoms with Crippen molar-refractivity contribution >= 4 is 23.2 Å². The Balaban J connectivity index is 2.20. The summed E-state index contributed by atoms with van der Waals surface area (Å²) in [6.45, 7) is 2.62. The maximum Gasteiger partial charge on any atom is 0.322 e. The van der Waals surface area contributed by atoms with Gasteiger partial charge in [-0.3, -0.25) is 0 Å². The first-order valence-corrected chi connectivity index (χ1v) is 6.60. The van der Waals surface area contributed by atoms with E-state index in [2.05, 4.69) is 25.3 Å². The van der Waals surface area contributed by atoms with Gasteiger partial charge < -0.3 is 15.0 Å². The van der Waals surface area contributed by atoms with E-state index in [1.54, 1.807) is 18.4 Å². The number of nitrogens with one attached hydrogen (secondary N) is 1. The van der Waals surface area contributed by atoms with Crippen molar-refractivity contribution in [3.63, 3.8) is 0 Å². The Morgan fingerprint density at radius 2 is 2.11 bits per heavy atom. The summed E-state index contributed by atoms with van der Waals surface area (Å²) in [5.74, 6) is 1.02. The van der Waals surface area contributed by atoms with E-state index in [0.717, 1.165) is 10.7 Å². The average Bonchev–Trinajstić information content (AvgIpc) is 2.83. The number of aryl methyl sites for hydroxylation is 1. The predicted molar refractivity (Wildman–Crippen MR) is 74.9 cm³/mol. The zero-order chi connectivity index (χ0) is 13.8. The van der Waals surface area contributed by atoms with E-state index < -0.39 is 0 Å². The van der Waals surface area contributed by atoms with Gasteiger partial charge in [0, 0.05) is 19.5 Å². The molecular formula is C11H16N6OS. The van der Waals surface area contributed by atoms with E-state index in [1.807, 2.05) is 24.3 Å². The number of methoxy groups -OCH3 is 1. The largest absolute Gasteiger partial charge is 0.467 e. The number of rotatable bonds is 5. The molecule has 2 aromatic heterocycles. The summed E-state index contributed by atoms with van der Waals surface area (Å²) in [5.41, 5.74) is 0.996. The topological polar surface area (TPSA) is 76.1 Å². The van der Waals surface area contributed by atoms with Gasteiger partial charge in [-0.25, -0.2) is 4.98 Å². The Morgan fingerprint density at radius 1 is 1.32 bits per heavy atom. The number of aromatic nitrogens is 4. The highest BCUT2D eigenvalue weighted by Gasteiger charge is 2.11. The molecule has 0 amide bonds. The first-order valence-electron chi connectivity index (χ1n) is 5.72. The lowest BCUT2D eigenvalue weighted by Gasteiger charge is -2.16. The van der Waals surface area contributed by atoms with Gasteiger partial charge in [-0.2, -0.15) is 15.0 Å². The Hall–Kier alpha value is -1.96. The third kappa shape index (κ3) is 3.28. The highest BCUT2D eigenvalue weighted by molar-refractivity contribution is 7.09. The number of nitrogens with zero attached hydrogens (tertiary/aromatic N) is 5. The van der Waals surface area contributed by atoms with Crippen LogP contribution in [0.2, 0.25) is 0 Å². The summed E-state index contributed by atoms with van der Waals surface area (Å²) >= 11 is 1.63. The zero-order valence-corrected chi connectivity index (χ0v) is 12.2. The van der Waals surface area contributed by atoms with Crippen LogP contribution in [0.3, 0.4) is 0 Å². The van der Waals surface area contributed by atoms with Crippen molar-refractivity contribution in [2.75, 3.05) is 31.4 Å². The molecule has 2 aromatic rings. The lowest BCUT2D eigenvalue weighted by Crippen LogP contribution is -2.20. The fourth-order valence-corrected chi connectivity index (χ4v) is 2.12. The molecule has 0 saturated carbocycles. The number of thiazole rings is 1. The first-order chi connectivity index (χ1) is 9.12. The molecule has 0 unspecified atom stereocenters. The second kappa shape index (κ2) is 5.79. The number of anilines is 2. The van der Waals surface area contributed by atoms with Crippen LogP contribution in [0.5, 0.6) is 6.01 Å². The van der Waals surface area contributed by atoms with Crippen LogP contribution in [0, 0.1) is 6.92 Å². The highest BCUT2D eigenvalue weighted by atomic mass is 32.1. The van der Waals surface area contributed by atoms with E-state index in [-0.39, 0.29) is 6.01 Å². The molecule has 0 spiro atoms. The van der Waals surface area contributed by atoms with Crippen molar-refractivity contribution in [2.24, 2.45) is 0 Å². The van der Waals surface area contributed by atoms with Gasteiger partial charge in [0.15, 0.2) is 0 Å². The van der Waals surface area contributed by atoms with Gasteiger partial charge in [-0.15, -0.1) is 11.3 Å². The van der Waals surface area contributed by atoms with Crippen LogP contribution in [0.25, 0.3) is 0 Å². The Bertz CT molecular complexity index is 536. The van der Waals surface area contributed by atoms with E-state index in [1.165, 1.54) is 7.11 Å². The normalized spacial score (nSPS) is 10.3. The number of ether oxygens (including phenoxy) is 1. The highest BCUT2D eigenvalue weighted by Crippen LogP contribution is 2.16. The third-order valence-corrected chi connectivity index (χ3v) is 3.24. The monoisotopic (exact) mass is 280 g/mol. The summed E-state index contributed by atoms with van der Waals surface area (Å²) in [6.07, 6.45) is 0. The predicted octanol–water partition coefficient (Wildman–Crippen LogP) is 1.32. The van der Waals surface area contributed by atoms with Crippen molar-refractivity contribution in [3.8, 4) is 6.01 Å². The summed E-state index contributed by atoms with van der Waals surface area (Å²) < 4.78 is 5.06. The van der Waals surface area contributed by atoms with Gasteiger partial charge in [0.2, 0.25) is 11.9 Å². The molecule has 0 aliphatic rings. The average molecular weight is 280 g/mol. The SMILES string of the molecule is CNc1nc(OC)nc(N(C)Cc2csc(C)n2)n1. The summed E-state index contributed by atoms with van der Waals surface area (Å²) in [4.78, 5) is 18.9. The van der Waals surface area contributed by atoms with Crippen molar-refractivity contribution in [2.45, 2.75) is 13.5 Å². The van der Waals surface area contributed by atoms with Crippen molar-refractivity contribution in [3.05, 3.63) is 16.1 Å². The van der Waals surface area contributed by atoms with Gasteiger partial charge in [0.25, 0.3) is 0 Å². The standard InChI is InChI=1S/C11H16N6OS/c1-7-13-8(6-19-7)5-17(3)10-14-9(12-2)15-11(16-10)18-4/h6H,5H2,1-4H3,(H,12,14,15,16). The van der Waals surface area contributed by atoms with Crippen molar-refractivity contribution in [1.82, 2.24) is 19.9 Å². The maximum atomic E-state index is 5.06. The van der Waals surface area contributed by atoms with Gasteiger partial charge >= 0.3 is 6.01 Å². The fourth-order valence-electron chi connectivity index (χ4n) is 1.51. The zero-order valence-electron chi connectivity index (χ0n) is 11.3. The van der Waals surface area contributed by atoms with Crippen LogP contribution in [0.15, 0.2) is 5.38 Å². The van der Waals surface area contributed by atoms with E-state index >= 15 is 0 Å². The van der Waals surface area contributed by atoms with Crippen molar-refractivity contribution in [1.29, 1.82) is 0 Å². The maximum absolute atomic E-state index is 5.06. The first kappa shape index (κ1) is 13.5. The lowest BCUT2D eigenvalue weighted by molar-refractivity contribution is 0.379. The van der Waals surface area contributed by atoms with Gasteiger partial charge in [0.05, 0.1) is 24.4 Å². The molecular weight excluding hydrogens is 264 g/mol. The molecule has 0 aliphatic carbocycles. The molecule has 8 heteroatoms. The molecule has 0 aliphatic heterocycles. The smallest absolute Gasteiger partial charge is 0.322 e. The van der Waals surface area contributed by atoms with Crippen LogP contribution >= 0.6 is 11.3 Å². The molecule has 0 bridgehead atoms. The molecule has 0 atom stereocenters. The second-order valence-electron chi connectivity index (χ2n) is 3.91. The summed E-state index contributed by atoms with van der Waals surface area (Å²) in [6, 6.07) is 0.288. The quantitative estimate of drug-likeness (QED) is 0.885. The Labute approximate surface area is 115 Å². The van der Waals surface area contributed by atoms with Crippen LogP contribution in [0.4, 0.5) is 11.9 Å². The minimum Gasteiger partial charge on any atom is -0.467 e. The fraction of sp³-hybridized carbons (Fsp3) is 0.455. The summed E-state index contributed by atoms with van der Waals surface area (Å²) in [7, 11) is 5.19. The van der Waals surface area contributed by atoms with Crippen LogP contribution in [-0.4, -0.2) is 41.1 Å². The lowest BCUT2D eigenvalue weighted by atomic mass is 10.4. The minimum absolute atomic E-state index is 0.288. The van der Waals surface area contributed by atoms with Gasteiger partial charge in [-0.05, 0) is 6.92 Å². The molecule has 0 fully saturated rings. The van der Waals surface area contributed by atoms with Gasteiger partial charge in [0.1, 0.15) is 0 Å². The molecule has 0 radical (unpaired) electrons. The Kier molecular flexibility index (Phi) is 4.10. The minimum atomic E-state index is 0.288. The van der Waals surface area contributed by atoms with Crippen LogP contribution in [0.1, 0.15) is 10.7 Å². The van der Waals surface area contributed by atoms with Crippen molar-refractivity contribution < 1.29 is 4.74 Å². The second-order valence-corrected chi connectivity index (χ2v) is 4.97. The molecule has 2 rings (SSSR count). The van der Waals surface area contributed by atoms with Crippen LogP contribution in [-0.2, 0) is 6.54 Å². The molecule has 1 N–H and O–H groups in total. The van der Waals surface area contributed by atoms with E-state index in [0.29, 0.717) is 18.4 Å². The number of hydrogen-bond donors (Lipinski definition) is 1. The van der Waals surface area contributed by atoms with E-state index in [4.69, 9.17) is 4.74 Å². The third-order valence-electron chi connectivity index (χ3n) is 2.42. The Morgan fingerprint density at radius 3 is 2.68 bits per heavy atom. The molecule has 7 nitrogen and oxygen atoms in total. The molecule has 2 heterocycles. The molecule has 102 valence electrons. The summed E-state index contributed by atoms with van der Waals surface area (Å²) in [5, 5.41) is 5.96. The number of hydrogen-bond acceptors (Lipinski definition) is 8. The molecule has 19 heavy (non-hydrogen) atoms. The molecule has 0 saturated heterocycles. The van der Waals surface area contributed by atoms with Gasteiger partial charge in [-0.1, -0.05) is 0 Å².